The summed E-state index contributed by atoms with van der Waals surface area (Å²) in [5.41, 5.74) is 5.12. The van der Waals surface area contributed by atoms with Gasteiger partial charge in [-0.15, -0.1) is 0 Å². The molecule has 0 aliphatic carbocycles. The zero-order valence-corrected chi connectivity index (χ0v) is 22.8. The van der Waals surface area contributed by atoms with Crippen molar-refractivity contribution in [3.05, 3.63) is 131 Å². The van der Waals surface area contributed by atoms with Crippen LogP contribution in [0.4, 0.5) is 0 Å². The standard InChI is InChI=1S/C34H38N2O2/c1-4-36(5-2)24-23-27-13-19-32(20-14-27)38-33-21-17-31(18-22-33)34(37)30-15-11-29(12-16-30)26-35(3)25-28-9-7-6-8-10-28/h6-22H,4-5,23-26H2,1-3H3. The molecule has 4 nitrogen and oxygen atoms in total. The van der Waals surface area contributed by atoms with Crippen molar-refractivity contribution in [2.75, 3.05) is 26.7 Å². The first-order chi connectivity index (χ1) is 18.5. The molecule has 0 aliphatic heterocycles. The van der Waals surface area contributed by atoms with E-state index in [0.29, 0.717) is 16.9 Å². The number of rotatable bonds is 13. The van der Waals surface area contributed by atoms with Crippen LogP contribution in [-0.4, -0.2) is 42.3 Å². The predicted molar refractivity (Wildman–Crippen MR) is 156 cm³/mol. The average molecular weight is 507 g/mol. The van der Waals surface area contributed by atoms with Gasteiger partial charge in [0.05, 0.1) is 0 Å². The van der Waals surface area contributed by atoms with Crippen LogP contribution >= 0.6 is 0 Å². The summed E-state index contributed by atoms with van der Waals surface area (Å²) in [4.78, 5) is 17.7. The Kier molecular flexibility index (Phi) is 9.85. The highest BCUT2D eigenvalue weighted by molar-refractivity contribution is 6.09. The van der Waals surface area contributed by atoms with Crippen molar-refractivity contribution in [1.29, 1.82) is 0 Å². The molecule has 0 saturated heterocycles. The van der Waals surface area contributed by atoms with Gasteiger partial charge in [-0.1, -0.05) is 80.6 Å². The Balaban J connectivity index is 1.29. The second-order valence-corrected chi connectivity index (χ2v) is 9.73. The van der Waals surface area contributed by atoms with Gasteiger partial charge in [0.15, 0.2) is 5.78 Å². The van der Waals surface area contributed by atoms with Crippen LogP contribution in [0.3, 0.4) is 0 Å². The summed E-state index contributed by atoms with van der Waals surface area (Å²) in [5, 5.41) is 0. The van der Waals surface area contributed by atoms with Gasteiger partial charge >= 0.3 is 0 Å². The summed E-state index contributed by atoms with van der Waals surface area (Å²) in [6, 6.07) is 34.0. The Labute approximate surface area is 227 Å². The Bertz CT molecular complexity index is 1260. The fraction of sp³-hybridized carbons (Fsp3) is 0.265. The highest BCUT2D eigenvalue weighted by Crippen LogP contribution is 2.23. The molecule has 0 bridgehead atoms. The third-order valence-electron chi connectivity index (χ3n) is 6.85. The lowest BCUT2D eigenvalue weighted by molar-refractivity contribution is 0.103. The van der Waals surface area contributed by atoms with Gasteiger partial charge in [0.2, 0.25) is 0 Å². The molecule has 38 heavy (non-hydrogen) atoms. The molecule has 0 atom stereocenters. The molecule has 0 aromatic heterocycles. The molecule has 0 unspecified atom stereocenters. The van der Waals surface area contributed by atoms with E-state index >= 15 is 0 Å². The van der Waals surface area contributed by atoms with Crippen LogP contribution in [0.1, 0.15) is 46.5 Å². The SMILES string of the molecule is CCN(CC)CCc1ccc(Oc2ccc(C(=O)c3ccc(CN(C)Cc4ccccc4)cc3)cc2)cc1. The van der Waals surface area contributed by atoms with Crippen LogP contribution in [0, 0.1) is 0 Å². The molecular weight excluding hydrogens is 468 g/mol. The summed E-state index contributed by atoms with van der Waals surface area (Å²) in [7, 11) is 2.11. The first-order valence-corrected chi connectivity index (χ1v) is 13.5. The number of likely N-dealkylation sites (N-methyl/N-ethyl adjacent to an activating group) is 1. The van der Waals surface area contributed by atoms with Crippen LogP contribution in [0.5, 0.6) is 11.5 Å². The van der Waals surface area contributed by atoms with E-state index in [-0.39, 0.29) is 5.78 Å². The number of carbonyl (C=O) groups excluding carboxylic acids is 1. The molecule has 4 aromatic carbocycles. The normalized spacial score (nSPS) is 11.2. The van der Waals surface area contributed by atoms with Crippen LogP contribution < -0.4 is 4.74 Å². The monoisotopic (exact) mass is 506 g/mol. The van der Waals surface area contributed by atoms with Crippen molar-refractivity contribution in [3.8, 4) is 11.5 Å². The summed E-state index contributed by atoms with van der Waals surface area (Å²) in [6.07, 6.45) is 1.03. The van der Waals surface area contributed by atoms with Crippen LogP contribution in [-0.2, 0) is 19.5 Å². The van der Waals surface area contributed by atoms with Crippen molar-refractivity contribution < 1.29 is 9.53 Å². The third-order valence-corrected chi connectivity index (χ3v) is 6.85. The molecule has 0 fully saturated rings. The number of carbonyl (C=O) groups is 1. The number of benzene rings is 4. The highest BCUT2D eigenvalue weighted by Gasteiger charge is 2.10. The van der Waals surface area contributed by atoms with Crippen LogP contribution in [0.15, 0.2) is 103 Å². The Morgan fingerprint density at radius 3 is 1.66 bits per heavy atom. The quantitative estimate of drug-likeness (QED) is 0.179. The zero-order valence-electron chi connectivity index (χ0n) is 22.8. The predicted octanol–water partition coefficient (Wildman–Crippen LogP) is 7.23. The van der Waals surface area contributed by atoms with Gasteiger partial charge in [0, 0.05) is 30.8 Å². The first-order valence-electron chi connectivity index (χ1n) is 13.5. The molecule has 0 heterocycles. The van der Waals surface area contributed by atoms with E-state index in [1.54, 1.807) is 0 Å². The molecule has 0 amide bonds. The fourth-order valence-corrected chi connectivity index (χ4v) is 4.55. The number of hydrogen-bond donors (Lipinski definition) is 0. The Morgan fingerprint density at radius 2 is 1.11 bits per heavy atom. The molecule has 4 aromatic rings. The van der Waals surface area contributed by atoms with E-state index in [1.807, 2.05) is 66.7 Å². The van der Waals surface area contributed by atoms with Gasteiger partial charge in [-0.05, 0) is 79.6 Å². The van der Waals surface area contributed by atoms with Crippen LogP contribution in [0.25, 0.3) is 0 Å². The largest absolute Gasteiger partial charge is 0.457 e. The maximum Gasteiger partial charge on any atom is 0.193 e. The van der Waals surface area contributed by atoms with Gasteiger partial charge in [-0.25, -0.2) is 0 Å². The van der Waals surface area contributed by atoms with Crippen molar-refractivity contribution in [2.45, 2.75) is 33.4 Å². The van der Waals surface area contributed by atoms with Crippen molar-refractivity contribution >= 4 is 5.78 Å². The minimum absolute atomic E-state index is 0.0123. The molecule has 0 aliphatic rings. The number of hydrogen-bond acceptors (Lipinski definition) is 4. The second-order valence-electron chi connectivity index (χ2n) is 9.73. The fourth-order valence-electron chi connectivity index (χ4n) is 4.55. The van der Waals surface area contributed by atoms with Crippen molar-refractivity contribution in [3.63, 3.8) is 0 Å². The molecule has 0 radical (unpaired) electrons. The topological polar surface area (TPSA) is 32.8 Å². The minimum Gasteiger partial charge on any atom is -0.457 e. The minimum atomic E-state index is 0.0123. The molecular formula is C34H38N2O2. The lowest BCUT2D eigenvalue weighted by atomic mass is 10.0. The molecule has 4 heteroatoms. The third kappa shape index (κ3) is 7.88. The lowest BCUT2D eigenvalue weighted by Crippen LogP contribution is -2.25. The van der Waals surface area contributed by atoms with Crippen molar-refractivity contribution in [2.24, 2.45) is 0 Å². The van der Waals surface area contributed by atoms with E-state index in [0.717, 1.165) is 44.9 Å². The molecule has 4 rings (SSSR count). The van der Waals surface area contributed by atoms with Gasteiger partial charge in [-0.3, -0.25) is 9.69 Å². The highest BCUT2D eigenvalue weighted by atomic mass is 16.5. The number of nitrogens with zero attached hydrogens (tertiary/aromatic N) is 2. The number of ether oxygens (including phenoxy) is 1. The van der Waals surface area contributed by atoms with E-state index in [2.05, 4.69) is 67.1 Å². The maximum atomic E-state index is 13.0. The molecule has 196 valence electrons. The van der Waals surface area contributed by atoms with Gasteiger partial charge < -0.3 is 9.64 Å². The van der Waals surface area contributed by atoms with Crippen molar-refractivity contribution in [1.82, 2.24) is 9.80 Å². The molecule has 0 saturated carbocycles. The molecule has 0 N–H and O–H groups in total. The Morgan fingerprint density at radius 1 is 0.632 bits per heavy atom. The lowest BCUT2D eigenvalue weighted by Gasteiger charge is -2.17. The van der Waals surface area contributed by atoms with Crippen LogP contribution in [0.2, 0.25) is 0 Å². The van der Waals surface area contributed by atoms with E-state index in [9.17, 15) is 4.79 Å². The summed E-state index contributed by atoms with van der Waals surface area (Å²) in [5.74, 6) is 1.52. The Hall–Kier alpha value is -3.73. The zero-order chi connectivity index (χ0) is 26.7. The maximum absolute atomic E-state index is 13.0. The average Bonchev–Trinajstić information content (AvgIpc) is 2.95. The van der Waals surface area contributed by atoms with Gasteiger partial charge in [0.1, 0.15) is 11.5 Å². The van der Waals surface area contributed by atoms with Gasteiger partial charge in [0.25, 0.3) is 0 Å². The van der Waals surface area contributed by atoms with E-state index < -0.39 is 0 Å². The summed E-state index contributed by atoms with van der Waals surface area (Å²) >= 11 is 0. The van der Waals surface area contributed by atoms with E-state index in [4.69, 9.17) is 4.74 Å². The summed E-state index contributed by atoms with van der Waals surface area (Å²) < 4.78 is 6.01. The first kappa shape index (κ1) is 27.3. The second kappa shape index (κ2) is 13.7. The molecule has 0 spiro atoms. The van der Waals surface area contributed by atoms with Gasteiger partial charge in [-0.2, -0.15) is 0 Å². The van der Waals surface area contributed by atoms with E-state index in [1.165, 1.54) is 16.7 Å². The smallest absolute Gasteiger partial charge is 0.193 e. The summed E-state index contributed by atoms with van der Waals surface area (Å²) in [6.45, 7) is 9.33. The number of ketones is 1.